The molecular formula is C30H35ClN2O3. The van der Waals surface area contributed by atoms with Gasteiger partial charge in [0, 0.05) is 24.5 Å². The molecule has 36 heavy (non-hydrogen) atoms. The van der Waals surface area contributed by atoms with Crippen LogP contribution in [0.4, 0.5) is 0 Å². The van der Waals surface area contributed by atoms with E-state index in [0.717, 1.165) is 22.3 Å². The van der Waals surface area contributed by atoms with Crippen LogP contribution in [0.3, 0.4) is 0 Å². The van der Waals surface area contributed by atoms with Crippen LogP contribution in [0.2, 0.25) is 5.02 Å². The van der Waals surface area contributed by atoms with Gasteiger partial charge in [-0.3, -0.25) is 9.59 Å². The molecule has 0 fully saturated rings. The molecule has 3 rings (SSSR count). The lowest BCUT2D eigenvalue weighted by molar-refractivity contribution is -0.142. The Balaban J connectivity index is 1.92. The van der Waals surface area contributed by atoms with E-state index in [1.165, 1.54) is 0 Å². The molecule has 1 atom stereocenters. The van der Waals surface area contributed by atoms with Gasteiger partial charge >= 0.3 is 0 Å². The van der Waals surface area contributed by atoms with Crippen molar-refractivity contribution in [1.29, 1.82) is 0 Å². The molecule has 6 heteroatoms. The summed E-state index contributed by atoms with van der Waals surface area (Å²) in [4.78, 5) is 28.7. The lowest BCUT2D eigenvalue weighted by Crippen LogP contribution is -2.52. The van der Waals surface area contributed by atoms with E-state index in [-0.39, 0.29) is 30.9 Å². The van der Waals surface area contributed by atoms with Gasteiger partial charge < -0.3 is 15.0 Å². The SMILES string of the molecule is Cc1cc(C)cc(OCC(=O)N(Cc2ccccc2Cl)C(Cc2ccccc2)C(=O)NCC(C)C)c1. The number of carbonyl (C=O) groups excluding carboxylic acids is 2. The number of hydrogen-bond donors (Lipinski definition) is 1. The van der Waals surface area contributed by atoms with Crippen molar-refractivity contribution >= 4 is 23.4 Å². The van der Waals surface area contributed by atoms with Crippen LogP contribution < -0.4 is 10.1 Å². The number of rotatable bonds is 11. The number of carbonyl (C=O) groups is 2. The third kappa shape index (κ3) is 8.13. The van der Waals surface area contributed by atoms with E-state index in [9.17, 15) is 9.59 Å². The minimum absolute atomic E-state index is 0.184. The summed E-state index contributed by atoms with van der Waals surface area (Å²) in [5, 5.41) is 3.57. The number of nitrogens with one attached hydrogen (secondary N) is 1. The van der Waals surface area contributed by atoms with Crippen LogP contribution in [-0.2, 0) is 22.6 Å². The fourth-order valence-corrected chi connectivity index (χ4v) is 4.23. The van der Waals surface area contributed by atoms with Crippen molar-refractivity contribution < 1.29 is 14.3 Å². The van der Waals surface area contributed by atoms with Gasteiger partial charge in [-0.1, -0.05) is 80.0 Å². The van der Waals surface area contributed by atoms with Crippen molar-refractivity contribution in [3.63, 3.8) is 0 Å². The molecule has 2 amide bonds. The predicted octanol–water partition coefficient (Wildman–Crippen LogP) is 5.75. The molecule has 190 valence electrons. The maximum Gasteiger partial charge on any atom is 0.261 e. The van der Waals surface area contributed by atoms with Gasteiger partial charge in [-0.15, -0.1) is 0 Å². The average Bonchev–Trinajstić information content (AvgIpc) is 2.84. The highest BCUT2D eigenvalue weighted by atomic mass is 35.5. The lowest BCUT2D eigenvalue weighted by Gasteiger charge is -2.32. The number of benzene rings is 3. The molecule has 0 heterocycles. The highest BCUT2D eigenvalue weighted by Crippen LogP contribution is 2.21. The first-order chi connectivity index (χ1) is 17.2. The van der Waals surface area contributed by atoms with Crippen molar-refractivity contribution in [1.82, 2.24) is 10.2 Å². The fourth-order valence-electron chi connectivity index (χ4n) is 4.03. The van der Waals surface area contributed by atoms with E-state index in [4.69, 9.17) is 16.3 Å². The van der Waals surface area contributed by atoms with Gasteiger partial charge in [-0.05, 0) is 60.2 Å². The van der Waals surface area contributed by atoms with Crippen molar-refractivity contribution in [2.24, 2.45) is 5.92 Å². The first kappa shape index (κ1) is 27.3. The first-order valence-electron chi connectivity index (χ1n) is 12.3. The highest BCUT2D eigenvalue weighted by molar-refractivity contribution is 6.31. The Labute approximate surface area is 219 Å². The average molecular weight is 507 g/mol. The van der Waals surface area contributed by atoms with Crippen LogP contribution >= 0.6 is 11.6 Å². The molecule has 1 unspecified atom stereocenters. The molecule has 0 aliphatic heterocycles. The van der Waals surface area contributed by atoms with Gasteiger partial charge in [-0.25, -0.2) is 0 Å². The second kappa shape index (κ2) is 13.1. The molecule has 1 N–H and O–H groups in total. The standard InChI is InChI=1S/C30H35ClN2O3/c1-21(2)18-32-30(35)28(17-24-10-6-5-7-11-24)33(19-25-12-8-9-13-27(25)31)29(34)20-36-26-15-22(3)14-23(4)16-26/h5-16,21,28H,17-20H2,1-4H3,(H,32,35). The molecule has 0 bridgehead atoms. The minimum Gasteiger partial charge on any atom is -0.484 e. The summed E-state index contributed by atoms with van der Waals surface area (Å²) < 4.78 is 5.90. The molecule has 3 aromatic rings. The molecule has 0 aromatic heterocycles. The molecule has 5 nitrogen and oxygen atoms in total. The van der Waals surface area contributed by atoms with Gasteiger partial charge in [0.2, 0.25) is 5.91 Å². The number of amides is 2. The number of nitrogens with zero attached hydrogens (tertiary/aromatic N) is 1. The van der Waals surface area contributed by atoms with Gasteiger partial charge in [-0.2, -0.15) is 0 Å². The van der Waals surface area contributed by atoms with E-state index in [1.54, 1.807) is 11.0 Å². The summed E-state index contributed by atoms with van der Waals surface area (Å²) in [6, 6.07) is 22.2. The van der Waals surface area contributed by atoms with Crippen LogP contribution in [0.15, 0.2) is 72.8 Å². The van der Waals surface area contributed by atoms with E-state index in [1.807, 2.05) is 94.4 Å². The fraction of sp³-hybridized carbons (Fsp3) is 0.333. The lowest BCUT2D eigenvalue weighted by atomic mass is 10.0. The van der Waals surface area contributed by atoms with E-state index in [0.29, 0.717) is 23.7 Å². The van der Waals surface area contributed by atoms with Crippen LogP contribution in [0, 0.1) is 19.8 Å². The van der Waals surface area contributed by atoms with Crippen molar-refractivity contribution in [3.05, 3.63) is 100 Å². The third-order valence-electron chi connectivity index (χ3n) is 5.81. The Morgan fingerprint density at radius 3 is 2.22 bits per heavy atom. The number of aryl methyl sites for hydroxylation is 2. The summed E-state index contributed by atoms with van der Waals surface area (Å²) in [5.74, 6) is 0.434. The van der Waals surface area contributed by atoms with E-state index >= 15 is 0 Å². The topological polar surface area (TPSA) is 58.6 Å². The number of halogens is 1. The zero-order valence-electron chi connectivity index (χ0n) is 21.5. The predicted molar refractivity (Wildman–Crippen MR) is 145 cm³/mol. The second-order valence-electron chi connectivity index (χ2n) is 9.57. The second-order valence-corrected chi connectivity index (χ2v) is 9.98. The normalized spacial score (nSPS) is 11.7. The first-order valence-corrected chi connectivity index (χ1v) is 12.7. The van der Waals surface area contributed by atoms with Gasteiger partial charge in [0.25, 0.3) is 5.91 Å². The van der Waals surface area contributed by atoms with Crippen LogP contribution in [0.25, 0.3) is 0 Å². The van der Waals surface area contributed by atoms with Gasteiger partial charge in [0.05, 0.1) is 0 Å². The molecule has 0 aliphatic rings. The number of ether oxygens (including phenoxy) is 1. The molecule has 0 saturated heterocycles. The van der Waals surface area contributed by atoms with E-state index in [2.05, 4.69) is 5.32 Å². The quantitative estimate of drug-likeness (QED) is 0.360. The molecule has 0 aliphatic carbocycles. The Bertz CT molecular complexity index is 1140. The van der Waals surface area contributed by atoms with Crippen molar-refractivity contribution in [3.8, 4) is 5.75 Å². The molecule has 3 aromatic carbocycles. The smallest absolute Gasteiger partial charge is 0.261 e. The Kier molecular flexibility index (Phi) is 9.95. The zero-order valence-corrected chi connectivity index (χ0v) is 22.2. The third-order valence-corrected chi connectivity index (χ3v) is 6.18. The monoisotopic (exact) mass is 506 g/mol. The summed E-state index contributed by atoms with van der Waals surface area (Å²) >= 11 is 6.46. The summed E-state index contributed by atoms with van der Waals surface area (Å²) in [6.45, 7) is 8.59. The van der Waals surface area contributed by atoms with Crippen LogP contribution in [0.1, 0.15) is 36.1 Å². The van der Waals surface area contributed by atoms with E-state index < -0.39 is 6.04 Å². The van der Waals surface area contributed by atoms with Gasteiger partial charge in [0.1, 0.15) is 11.8 Å². The molecular weight excluding hydrogens is 472 g/mol. The minimum atomic E-state index is -0.724. The Morgan fingerprint density at radius 2 is 1.58 bits per heavy atom. The van der Waals surface area contributed by atoms with Gasteiger partial charge in [0.15, 0.2) is 6.61 Å². The summed E-state index contributed by atoms with van der Waals surface area (Å²) in [7, 11) is 0. The zero-order chi connectivity index (χ0) is 26.1. The maximum atomic E-state index is 13.7. The Morgan fingerprint density at radius 1 is 0.944 bits per heavy atom. The van der Waals surface area contributed by atoms with Crippen molar-refractivity contribution in [2.75, 3.05) is 13.2 Å². The molecule has 0 saturated carbocycles. The van der Waals surface area contributed by atoms with Crippen molar-refractivity contribution in [2.45, 2.75) is 46.7 Å². The molecule has 0 spiro atoms. The van der Waals surface area contributed by atoms with Crippen LogP contribution in [0.5, 0.6) is 5.75 Å². The Hall–Kier alpha value is -3.31. The summed E-state index contributed by atoms with van der Waals surface area (Å²) in [5.41, 5.74) is 3.85. The molecule has 0 radical (unpaired) electrons. The highest BCUT2D eigenvalue weighted by Gasteiger charge is 2.31. The maximum absolute atomic E-state index is 13.7. The van der Waals surface area contributed by atoms with Crippen LogP contribution in [-0.4, -0.2) is 35.9 Å². The largest absolute Gasteiger partial charge is 0.484 e. The number of hydrogen-bond acceptors (Lipinski definition) is 3. The summed E-state index contributed by atoms with van der Waals surface area (Å²) in [6.07, 6.45) is 0.379.